The minimum absolute atomic E-state index is 0.184. The highest BCUT2D eigenvalue weighted by molar-refractivity contribution is 6.27. The number of nitrogens with zero attached hydrogens (tertiary/aromatic N) is 2. The van der Waals surface area contributed by atoms with Gasteiger partial charge in [0, 0.05) is 19.6 Å². The van der Waals surface area contributed by atoms with Crippen LogP contribution in [0, 0.1) is 23.3 Å². The lowest BCUT2D eigenvalue weighted by atomic mass is 10.1. The highest BCUT2D eigenvalue weighted by Gasteiger charge is 2.28. The van der Waals surface area contributed by atoms with Crippen LogP contribution in [0.4, 0.5) is 23.2 Å². The quantitative estimate of drug-likeness (QED) is 0.403. The normalized spacial score (nSPS) is 14.0. The molecule has 1 heterocycles. The van der Waals surface area contributed by atoms with Gasteiger partial charge in [0.2, 0.25) is 0 Å². The van der Waals surface area contributed by atoms with Crippen LogP contribution in [0.2, 0.25) is 0 Å². The Balaban J connectivity index is 0.000000656. The molecule has 168 valence electrons. The summed E-state index contributed by atoms with van der Waals surface area (Å²) in [5.74, 6) is -9.11. The first kappa shape index (κ1) is 25.4. The number of anilines is 1. The van der Waals surface area contributed by atoms with Crippen LogP contribution in [0.25, 0.3) is 6.08 Å². The molecule has 1 aromatic carbocycles. The van der Waals surface area contributed by atoms with Gasteiger partial charge in [-0.1, -0.05) is 26.0 Å². The van der Waals surface area contributed by atoms with Crippen LogP contribution in [0.3, 0.4) is 0 Å². The zero-order chi connectivity index (χ0) is 22.8. The molecule has 7 nitrogen and oxygen atoms in total. The maximum Gasteiger partial charge on any atom is 0.414 e. The van der Waals surface area contributed by atoms with Gasteiger partial charge >= 0.3 is 11.9 Å². The van der Waals surface area contributed by atoms with Gasteiger partial charge in [0.05, 0.1) is 18.8 Å². The van der Waals surface area contributed by atoms with Gasteiger partial charge < -0.3 is 24.7 Å². The van der Waals surface area contributed by atoms with Gasteiger partial charge in [-0.3, -0.25) is 0 Å². The van der Waals surface area contributed by atoms with Crippen LogP contribution in [-0.4, -0.2) is 73.0 Å². The maximum atomic E-state index is 14.3. The highest BCUT2D eigenvalue weighted by Crippen LogP contribution is 2.32. The van der Waals surface area contributed by atoms with Crippen molar-refractivity contribution < 1.29 is 42.1 Å². The molecule has 1 aromatic rings. The van der Waals surface area contributed by atoms with Crippen molar-refractivity contribution in [3.63, 3.8) is 0 Å². The van der Waals surface area contributed by atoms with E-state index in [1.165, 1.54) is 11.0 Å². The molecule has 1 aliphatic heterocycles. The van der Waals surface area contributed by atoms with Gasteiger partial charge in [0.15, 0.2) is 23.3 Å². The van der Waals surface area contributed by atoms with Gasteiger partial charge in [0.1, 0.15) is 5.69 Å². The van der Waals surface area contributed by atoms with Gasteiger partial charge in [0.25, 0.3) is 0 Å². The molecular weight excluding hydrogens is 412 g/mol. The third-order valence-corrected chi connectivity index (χ3v) is 4.33. The third kappa shape index (κ3) is 6.70. The fourth-order valence-electron chi connectivity index (χ4n) is 2.65. The zero-order valence-electron chi connectivity index (χ0n) is 16.6. The molecule has 30 heavy (non-hydrogen) atoms. The Bertz CT molecular complexity index is 738. The maximum absolute atomic E-state index is 14.3. The standard InChI is InChI=1S/C17H22F4N2O.C2H2O4/c1-3-22(4-2)7-5-6-12-13(18)15(20)17(16(21)14(12)19)23-8-10-24-11-9-23;3-1(4)2(5)6/h5-6H,3-4,7-11H2,1-2H3;(H,3,4)(H,5,6)/b6-5+;. The van der Waals surface area contributed by atoms with E-state index in [0.717, 1.165) is 19.2 Å². The Kier molecular flexibility index (Phi) is 10.3. The van der Waals surface area contributed by atoms with E-state index in [-0.39, 0.29) is 26.3 Å². The van der Waals surface area contributed by atoms with E-state index in [1.54, 1.807) is 0 Å². The number of likely N-dealkylation sites (N-methyl/N-ethyl adjacent to an activating group) is 1. The summed E-state index contributed by atoms with van der Waals surface area (Å²) in [6.45, 7) is 6.77. The van der Waals surface area contributed by atoms with Crippen molar-refractivity contribution in [2.45, 2.75) is 13.8 Å². The van der Waals surface area contributed by atoms with E-state index in [4.69, 9.17) is 24.5 Å². The highest BCUT2D eigenvalue weighted by atomic mass is 19.2. The fourth-order valence-corrected chi connectivity index (χ4v) is 2.65. The number of carboxylic acids is 2. The van der Waals surface area contributed by atoms with Crippen molar-refractivity contribution in [1.29, 1.82) is 0 Å². The van der Waals surface area contributed by atoms with Crippen LogP contribution >= 0.6 is 0 Å². The second-order valence-electron chi connectivity index (χ2n) is 6.12. The topological polar surface area (TPSA) is 90.3 Å². The molecule has 1 aliphatic rings. The number of rotatable bonds is 6. The van der Waals surface area contributed by atoms with E-state index < -0.39 is 46.5 Å². The Morgan fingerprint density at radius 2 is 1.43 bits per heavy atom. The van der Waals surface area contributed by atoms with Crippen LogP contribution in [0.15, 0.2) is 6.08 Å². The van der Waals surface area contributed by atoms with Crippen molar-refractivity contribution in [2.24, 2.45) is 0 Å². The molecule has 1 fully saturated rings. The molecule has 1 saturated heterocycles. The molecular formula is C19H24F4N2O5. The van der Waals surface area contributed by atoms with Crippen LogP contribution in [-0.2, 0) is 14.3 Å². The van der Waals surface area contributed by atoms with Crippen molar-refractivity contribution in [3.8, 4) is 0 Å². The molecule has 0 radical (unpaired) electrons. The molecule has 0 bridgehead atoms. The van der Waals surface area contributed by atoms with E-state index in [0.29, 0.717) is 6.54 Å². The van der Waals surface area contributed by atoms with Crippen molar-refractivity contribution in [1.82, 2.24) is 4.90 Å². The molecule has 2 rings (SSSR count). The summed E-state index contributed by atoms with van der Waals surface area (Å²) in [5.41, 5.74) is -1.34. The smallest absolute Gasteiger partial charge is 0.414 e. The summed E-state index contributed by atoms with van der Waals surface area (Å²) < 4.78 is 62.2. The van der Waals surface area contributed by atoms with Gasteiger partial charge in [-0.15, -0.1) is 0 Å². The molecule has 0 saturated carbocycles. The Morgan fingerprint density at radius 3 is 1.83 bits per heavy atom. The number of carbonyl (C=O) groups is 2. The van der Waals surface area contributed by atoms with Gasteiger partial charge in [-0.2, -0.15) is 0 Å². The van der Waals surface area contributed by atoms with E-state index in [2.05, 4.69) is 0 Å². The van der Waals surface area contributed by atoms with Gasteiger partial charge in [-0.25, -0.2) is 27.2 Å². The molecule has 0 spiro atoms. The second-order valence-corrected chi connectivity index (χ2v) is 6.12. The number of morpholine rings is 1. The summed E-state index contributed by atoms with van der Waals surface area (Å²) >= 11 is 0. The number of hydrogen-bond donors (Lipinski definition) is 2. The molecule has 11 heteroatoms. The average Bonchev–Trinajstić information content (AvgIpc) is 2.73. The molecule has 2 N–H and O–H groups in total. The molecule has 0 aromatic heterocycles. The molecule has 0 aliphatic carbocycles. The fraction of sp³-hybridized carbons (Fsp3) is 0.474. The van der Waals surface area contributed by atoms with Crippen LogP contribution < -0.4 is 4.90 Å². The van der Waals surface area contributed by atoms with E-state index in [1.807, 2.05) is 18.7 Å². The summed E-state index contributed by atoms with van der Waals surface area (Å²) in [4.78, 5) is 21.5. The number of carboxylic acid groups (broad SMARTS) is 2. The Hall–Kier alpha value is -2.66. The lowest BCUT2D eigenvalue weighted by Gasteiger charge is -2.29. The van der Waals surface area contributed by atoms with E-state index >= 15 is 0 Å². The lowest BCUT2D eigenvalue weighted by Crippen LogP contribution is -2.37. The predicted octanol–water partition coefficient (Wildman–Crippen LogP) is 2.59. The number of aliphatic carboxylic acids is 2. The number of hydrogen-bond acceptors (Lipinski definition) is 5. The van der Waals surface area contributed by atoms with Crippen LogP contribution in [0.5, 0.6) is 0 Å². The van der Waals surface area contributed by atoms with Crippen molar-refractivity contribution in [3.05, 3.63) is 34.9 Å². The number of ether oxygens (including phenoxy) is 1. The second kappa shape index (κ2) is 12.1. The first-order chi connectivity index (χ1) is 14.1. The molecule has 0 unspecified atom stereocenters. The summed E-state index contributed by atoms with van der Waals surface area (Å²) in [5, 5.41) is 14.8. The van der Waals surface area contributed by atoms with E-state index in [9.17, 15) is 17.6 Å². The SMILES string of the molecule is CCN(CC)C/C=C/c1c(F)c(F)c(N2CCOCC2)c(F)c1F.O=C(O)C(=O)O. The largest absolute Gasteiger partial charge is 0.473 e. The average molecular weight is 436 g/mol. The van der Waals surface area contributed by atoms with Gasteiger partial charge in [-0.05, 0) is 13.1 Å². The molecule has 0 atom stereocenters. The minimum Gasteiger partial charge on any atom is -0.473 e. The summed E-state index contributed by atoms with van der Waals surface area (Å²) in [6.07, 6.45) is 2.60. The Morgan fingerprint density at radius 1 is 0.967 bits per heavy atom. The minimum atomic E-state index is -1.82. The number of halogens is 4. The number of benzene rings is 1. The first-order valence-electron chi connectivity index (χ1n) is 9.19. The lowest BCUT2D eigenvalue weighted by molar-refractivity contribution is -0.159. The predicted molar refractivity (Wildman–Crippen MR) is 101 cm³/mol. The first-order valence-corrected chi connectivity index (χ1v) is 9.19. The Labute approximate surface area is 171 Å². The molecule has 0 amide bonds. The summed E-state index contributed by atoms with van der Waals surface area (Å²) in [6, 6.07) is 0. The zero-order valence-corrected chi connectivity index (χ0v) is 16.6. The van der Waals surface area contributed by atoms with Crippen LogP contribution in [0.1, 0.15) is 19.4 Å². The summed E-state index contributed by atoms with van der Waals surface area (Å²) in [7, 11) is 0. The monoisotopic (exact) mass is 436 g/mol. The van der Waals surface area contributed by atoms with Crippen molar-refractivity contribution >= 4 is 23.7 Å². The third-order valence-electron chi connectivity index (χ3n) is 4.33. The van der Waals surface area contributed by atoms with Crippen molar-refractivity contribution in [2.75, 3.05) is 50.8 Å².